The average Bonchev–Trinajstić information content (AvgIpc) is 3.46. The number of hydrogen-bond donors (Lipinski definition) is 1. The van der Waals surface area contributed by atoms with E-state index < -0.39 is 11.9 Å². The highest BCUT2D eigenvalue weighted by atomic mass is 32.1. The van der Waals surface area contributed by atoms with Crippen molar-refractivity contribution in [3.05, 3.63) is 95.7 Å². The van der Waals surface area contributed by atoms with Crippen molar-refractivity contribution >= 4 is 52.3 Å². The van der Waals surface area contributed by atoms with Gasteiger partial charge in [-0.15, -0.1) is 0 Å². The second-order valence-corrected chi connectivity index (χ2v) is 10.2. The SMILES string of the molecule is CCOc1ccc(N2C(=O)C(CC(=O)Nc3ccc(C)cc3)N(Cc3c(/N=C(\[O-])c4ccccc4)on[n+]3C)C2=S)cc1. The minimum absolute atomic E-state index is 0.00147. The van der Waals surface area contributed by atoms with Gasteiger partial charge in [-0.3, -0.25) is 19.0 Å². The number of ether oxygens (including phenoxy) is 1. The molecule has 2 amide bonds. The van der Waals surface area contributed by atoms with E-state index in [4.69, 9.17) is 21.5 Å². The lowest BCUT2D eigenvalue weighted by molar-refractivity contribution is -0.746. The molecule has 43 heavy (non-hydrogen) atoms. The average molecular weight is 599 g/mol. The fraction of sp³-hybridized carbons (Fsp3) is 0.226. The highest BCUT2D eigenvalue weighted by Gasteiger charge is 2.46. The Balaban J connectivity index is 1.46. The van der Waals surface area contributed by atoms with Crippen LogP contribution in [0.1, 0.15) is 30.2 Å². The lowest BCUT2D eigenvalue weighted by Crippen LogP contribution is -2.42. The maximum absolute atomic E-state index is 13.9. The maximum atomic E-state index is 13.9. The number of hydrogen-bond acceptors (Lipinski definition) is 8. The number of aromatic nitrogens is 2. The molecule has 1 fully saturated rings. The van der Waals surface area contributed by atoms with Crippen molar-refractivity contribution in [2.24, 2.45) is 12.0 Å². The van der Waals surface area contributed by atoms with Gasteiger partial charge in [0, 0.05) is 5.69 Å². The van der Waals surface area contributed by atoms with Gasteiger partial charge in [0.05, 0.1) is 18.7 Å². The Morgan fingerprint density at radius 3 is 2.49 bits per heavy atom. The molecule has 0 saturated carbocycles. The lowest BCUT2D eigenvalue weighted by atomic mass is 10.1. The Bertz CT molecular complexity index is 1650. The summed E-state index contributed by atoms with van der Waals surface area (Å²) in [6, 6.07) is 22.0. The van der Waals surface area contributed by atoms with Gasteiger partial charge in [0.25, 0.3) is 11.6 Å². The number of nitrogens with one attached hydrogen (secondary N) is 1. The highest BCUT2D eigenvalue weighted by molar-refractivity contribution is 7.80. The van der Waals surface area contributed by atoms with Gasteiger partial charge in [-0.05, 0) is 78.6 Å². The van der Waals surface area contributed by atoms with Crippen LogP contribution in [0.3, 0.4) is 0 Å². The van der Waals surface area contributed by atoms with E-state index in [1.165, 1.54) is 9.58 Å². The Morgan fingerprint density at radius 2 is 1.81 bits per heavy atom. The molecule has 3 aromatic carbocycles. The Hall–Kier alpha value is -5.10. The molecule has 1 aliphatic heterocycles. The predicted molar refractivity (Wildman–Crippen MR) is 162 cm³/mol. The van der Waals surface area contributed by atoms with Crippen LogP contribution in [0.4, 0.5) is 17.3 Å². The first kappa shape index (κ1) is 29.4. The topological polar surface area (TPSA) is 127 Å². The van der Waals surface area contributed by atoms with Gasteiger partial charge >= 0.3 is 5.88 Å². The second kappa shape index (κ2) is 12.8. The molecule has 0 aliphatic carbocycles. The minimum Gasteiger partial charge on any atom is -0.858 e. The number of amides is 2. The Labute approximate surface area is 254 Å². The molecule has 1 atom stereocenters. The lowest BCUT2D eigenvalue weighted by Gasteiger charge is -2.22. The number of benzene rings is 3. The molecule has 1 N–H and O–H groups in total. The largest absolute Gasteiger partial charge is 0.858 e. The van der Waals surface area contributed by atoms with Crippen molar-refractivity contribution in [2.45, 2.75) is 32.9 Å². The standard InChI is InChI=1S/C31H30N6O5S/c1-4-41-24-16-14-23(15-17-24)37-30(40)25(18-27(38)32-22-12-10-20(2)11-13-22)36(31(37)43)19-26-29(42-34-35(26)3)33-28(39)21-8-6-5-7-9-21/h5-17,25H,4,18-19H2,1-3H3,(H-,32,33,34,38,39). The van der Waals surface area contributed by atoms with Crippen LogP contribution in [-0.4, -0.2) is 45.6 Å². The number of aliphatic imine (C=N–C) groups is 1. The normalized spacial score (nSPS) is 15.2. The quantitative estimate of drug-likeness (QED) is 0.128. The number of aryl methyl sites for hydroxylation is 2. The number of thiocarbonyl (C=S) groups is 1. The molecule has 12 heteroatoms. The zero-order valence-corrected chi connectivity index (χ0v) is 24.7. The third-order valence-electron chi connectivity index (χ3n) is 6.87. The number of carbonyl (C=O) groups is 2. The second-order valence-electron chi connectivity index (χ2n) is 9.88. The van der Waals surface area contributed by atoms with Gasteiger partial charge in [0.2, 0.25) is 11.2 Å². The first-order valence-corrected chi connectivity index (χ1v) is 14.1. The zero-order valence-electron chi connectivity index (χ0n) is 23.9. The molecule has 4 aromatic rings. The summed E-state index contributed by atoms with van der Waals surface area (Å²) in [6.07, 6.45) is -0.176. The third-order valence-corrected chi connectivity index (χ3v) is 7.29. The van der Waals surface area contributed by atoms with Crippen LogP contribution in [0.2, 0.25) is 0 Å². The smallest absolute Gasteiger partial charge is 0.325 e. The summed E-state index contributed by atoms with van der Waals surface area (Å²) in [5.41, 5.74) is 2.98. The summed E-state index contributed by atoms with van der Waals surface area (Å²) < 4.78 is 12.3. The molecule has 1 saturated heterocycles. The summed E-state index contributed by atoms with van der Waals surface area (Å²) in [4.78, 5) is 34.2. The molecular weight excluding hydrogens is 568 g/mol. The number of rotatable bonds is 10. The Kier molecular flexibility index (Phi) is 8.77. The van der Waals surface area contributed by atoms with E-state index >= 15 is 0 Å². The van der Waals surface area contributed by atoms with E-state index in [1.807, 2.05) is 26.0 Å². The molecule has 220 valence electrons. The van der Waals surface area contributed by atoms with Crippen molar-refractivity contribution in [2.75, 3.05) is 16.8 Å². The molecule has 1 aromatic heterocycles. The van der Waals surface area contributed by atoms with E-state index in [-0.39, 0.29) is 35.8 Å². The predicted octanol–water partition coefficient (Wildman–Crippen LogP) is 3.18. The van der Waals surface area contributed by atoms with Gasteiger partial charge in [0.1, 0.15) is 18.3 Å². The van der Waals surface area contributed by atoms with E-state index in [0.29, 0.717) is 35.0 Å². The van der Waals surface area contributed by atoms with Crippen molar-refractivity contribution in [3.63, 3.8) is 0 Å². The van der Waals surface area contributed by atoms with E-state index in [1.54, 1.807) is 78.7 Å². The summed E-state index contributed by atoms with van der Waals surface area (Å²) in [5.74, 6) is -0.605. The van der Waals surface area contributed by atoms with E-state index in [9.17, 15) is 14.7 Å². The third kappa shape index (κ3) is 6.54. The van der Waals surface area contributed by atoms with E-state index in [2.05, 4.69) is 15.6 Å². The van der Waals surface area contributed by atoms with Crippen molar-refractivity contribution in [1.82, 2.24) is 10.2 Å². The van der Waals surface area contributed by atoms with Gasteiger partial charge in [-0.1, -0.05) is 48.0 Å². The summed E-state index contributed by atoms with van der Waals surface area (Å²) in [5, 5.41) is 19.8. The number of nitrogens with zero attached hydrogens (tertiary/aromatic N) is 5. The van der Waals surface area contributed by atoms with Crippen LogP contribution in [0.15, 0.2) is 88.4 Å². The van der Waals surface area contributed by atoms with Crippen LogP contribution < -0.4 is 24.7 Å². The zero-order chi connectivity index (χ0) is 30.5. The molecule has 0 spiro atoms. The van der Waals surface area contributed by atoms with Crippen molar-refractivity contribution in [3.8, 4) is 5.75 Å². The summed E-state index contributed by atoms with van der Waals surface area (Å²) in [7, 11) is 1.63. The first-order valence-electron chi connectivity index (χ1n) is 13.6. The fourth-order valence-corrected chi connectivity index (χ4v) is 5.02. The molecule has 2 heterocycles. The molecular formula is C31H30N6O5S. The van der Waals surface area contributed by atoms with Gasteiger partial charge in [-0.2, -0.15) is 0 Å². The van der Waals surface area contributed by atoms with Gasteiger partial charge < -0.3 is 20.1 Å². The van der Waals surface area contributed by atoms with Crippen molar-refractivity contribution < 1.29 is 28.6 Å². The monoisotopic (exact) mass is 598 g/mol. The molecule has 0 radical (unpaired) electrons. The van der Waals surface area contributed by atoms with Crippen LogP contribution in [-0.2, 0) is 23.2 Å². The molecule has 0 bridgehead atoms. The molecule has 5 rings (SSSR count). The summed E-state index contributed by atoms with van der Waals surface area (Å²) in [6.45, 7) is 4.34. The summed E-state index contributed by atoms with van der Waals surface area (Å²) >= 11 is 5.81. The van der Waals surface area contributed by atoms with E-state index in [0.717, 1.165) is 5.56 Å². The Morgan fingerprint density at radius 1 is 1.12 bits per heavy atom. The minimum atomic E-state index is -0.947. The maximum Gasteiger partial charge on any atom is 0.325 e. The molecule has 11 nitrogen and oxygen atoms in total. The van der Waals surface area contributed by atoms with Gasteiger partial charge in [0.15, 0.2) is 12.2 Å². The molecule has 1 aliphatic rings. The van der Waals surface area contributed by atoms with Crippen LogP contribution >= 0.6 is 12.2 Å². The van der Waals surface area contributed by atoms with Crippen LogP contribution in [0.5, 0.6) is 5.75 Å². The highest BCUT2D eigenvalue weighted by Crippen LogP contribution is 2.31. The fourth-order valence-electron chi connectivity index (χ4n) is 4.63. The van der Waals surface area contributed by atoms with Gasteiger partial charge in [-0.25, -0.2) is 4.99 Å². The van der Waals surface area contributed by atoms with Crippen LogP contribution in [0.25, 0.3) is 0 Å². The number of carbonyl (C=O) groups excluding carboxylic acids is 2. The van der Waals surface area contributed by atoms with Crippen LogP contribution in [0, 0.1) is 6.92 Å². The number of anilines is 2. The van der Waals surface area contributed by atoms with Crippen molar-refractivity contribution in [1.29, 1.82) is 0 Å². The first-order chi connectivity index (χ1) is 20.7. The molecule has 1 unspecified atom stereocenters.